The Morgan fingerprint density at radius 3 is 1.26 bits per heavy atom. The topological polar surface area (TPSA) is 178 Å². The lowest BCUT2D eigenvalue weighted by molar-refractivity contribution is -0.122. The van der Waals surface area contributed by atoms with E-state index in [0.29, 0.717) is 131 Å². The number of nitrogens with zero attached hydrogens (tertiary/aromatic N) is 3. The zero-order valence-electron chi connectivity index (χ0n) is 37.8. The second-order valence-corrected chi connectivity index (χ2v) is 17.2. The van der Waals surface area contributed by atoms with E-state index in [9.17, 15) is 24.0 Å². The summed E-state index contributed by atoms with van der Waals surface area (Å²) in [4.78, 5) is 70.4. The number of rotatable bonds is 28. The molecule has 3 aliphatic heterocycles. The number of amides is 4. The highest BCUT2D eigenvalue weighted by atomic mass is 32.2. The van der Waals surface area contributed by atoms with Gasteiger partial charge in [-0.2, -0.15) is 0 Å². The van der Waals surface area contributed by atoms with Gasteiger partial charge in [-0.15, -0.1) is 0 Å². The molecule has 17 nitrogen and oxygen atoms in total. The van der Waals surface area contributed by atoms with Gasteiger partial charge in [0, 0.05) is 59.2 Å². The first-order valence-electron chi connectivity index (χ1n) is 22.1. The lowest BCUT2D eigenvalue weighted by Crippen LogP contribution is -2.40. The van der Waals surface area contributed by atoms with Gasteiger partial charge in [0.05, 0.1) is 115 Å². The van der Waals surface area contributed by atoms with E-state index in [1.807, 2.05) is 0 Å². The molecule has 6 rings (SSSR count). The van der Waals surface area contributed by atoms with Crippen molar-refractivity contribution >= 4 is 58.6 Å². The van der Waals surface area contributed by atoms with Gasteiger partial charge in [0.1, 0.15) is 13.2 Å². The predicted octanol–water partition coefficient (Wildman–Crippen LogP) is 4.65. The van der Waals surface area contributed by atoms with Crippen LogP contribution in [-0.2, 0) is 52.3 Å². The number of hydrogen-bond donors (Lipinski definition) is 0. The minimum absolute atomic E-state index is 0.00473. The van der Waals surface area contributed by atoms with E-state index < -0.39 is 29.2 Å². The molecule has 0 N–H and O–H groups in total. The van der Waals surface area contributed by atoms with Crippen LogP contribution < -0.4 is 9.64 Å². The number of imide groups is 1. The summed E-state index contributed by atoms with van der Waals surface area (Å²) >= 11 is 1.97. The Hall–Kier alpha value is -4.81. The van der Waals surface area contributed by atoms with Crippen molar-refractivity contribution in [2.75, 3.05) is 143 Å². The van der Waals surface area contributed by atoms with Crippen molar-refractivity contribution in [1.82, 2.24) is 9.80 Å². The fourth-order valence-corrected chi connectivity index (χ4v) is 8.68. The largest absolute Gasteiger partial charge is 0.485 e. The van der Waals surface area contributed by atoms with E-state index in [4.69, 9.17) is 42.6 Å². The Kier molecular flexibility index (Phi) is 21.6. The van der Waals surface area contributed by atoms with Gasteiger partial charge in [0.2, 0.25) is 0 Å². The third-order valence-corrected chi connectivity index (χ3v) is 12.4. The number of ketones is 1. The zero-order valence-corrected chi connectivity index (χ0v) is 39.4. The summed E-state index contributed by atoms with van der Waals surface area (Å²) in [6, 6.07) is 14.9. The fraction of sp³-hybridized carbons (Fsp3) is 0.468. The summed E-state index contributed by atoms with van der Waals surface area (Å²) in [5.74, 6) is -4.93. The van der Waals surface area contributed by atoms with E-state index in [1.165, 1.54) is 6.92 Å². The Bertz CT molecular complexity index is 2070. The van der Waals surface area contributed by atoms with Crippen molar-refractivity contribution < 1.29 is 75.4 Å². The molecule has 0 spiro atoms. The average Bonchev–Trinajstić information content (AvgIpc) is 3.57. The molecule has 21 heteroatoms. The molecular weight excluding hydrogens is 933 g/mol. The molecule has 368 valence electrons. The Morgan fingerprint density at radius 2 is 0.897 bits per heavy atom. The van der Waals surface area contributed by atoms with Crippen LogP contribution >= 0.6 is 23.5 Å². The van der Waals surface area contributed by atoms with Crippen molar-refractivity contribution in [3.63, 3.8) is 0 Å². The SMILES string of the molecule is CC(=O)COCCOCCOCCOCCOCCOCCOc1c(F)cc(N2C(=O)C(Sc3ccc(C(=O)N4CCOCC4)cc3)=C(Sc3ccc(C(=O)N4CCOCC4)cc3)C2=O)cc1F. The van der Waals surface area contributed by atoms with Crippen LogP contribution in [0.2, 0.25) is 0 Å². The molecule has 0 radical (unpaired) electrons. The summed E-state index contributed by atoms with van der Waals surface area (Å²) in [5, 5.41) is 0. The van der Waals surface area contributed by atoms with Gasteiger partial charge in [-0.25, -0.2) is 13.7 Å². The van der Waals surface area contributed by atoms with Crippen molar-refractivity contribution in [3.05, 3.63) is 93.2 Å². The van der Waals surface area contributed by atoms with E-state index in [0.717, 1.165) is 35.7 Å². The number of ether oxygens (including phenoxy) is 9. The first kappa shape index (κ1) is 52.6. The highest BCUT2D eigenvalue weighted by Crippen LogP contribution is 2.44. The van der Waals surface area contributed by atoms with Gasteiger partial charge in [-0.1, -0.05) is 23.5 Å². The number of Topliss-reactive ketones (excluding diaryl/α,β-unsaturated/α-hetero) is 1. The Balaban J connectivity index is 0.981. The first-order chi connectivity index (χ1) is 33.1. The molecule has 0 unspecified atom stereocenters. The van der Waals surface area contributed by atoms with Gasteiger partial charge in [-0.05, 0) is 55.5 Å². The third-order valence-electron chi connectivity index (χ3n) is 10.1. The number of anilines is 1. The molecule has 0 aliphatic carbocycles. The average molecular weight is 988 g/mol. The maximum absolute atomic E-state index is 15.5. The highest BCUT2D eigenvalue weighted by molar-refractivity contribution is 8.08. The minimum atomic E-state index is -1.13. The van der Waals surface area contributed by atoms with Crippen LogP contribution in [0.4, 0.5) is 14.5 Å². The van der Waals surface area contributed by atoms with Crippen molar-refractivity contribution in [3.8, 4) is 5.75 Å². The molecule has 0 aromatic heterocycles. The number of carbonyl (C=O) groups is 5. The highest BCUT2D eigenvalue weighted by Gasteiger charge is 2.41. The van der Waals surface area contributed by atoms with Crippen molar-refractivity contribution in [2.24, 2.45) is 0 Å². The number of halogens is 2. The van der Waals surface area contributed by atoms with Crippen LogP contribution in [0.1, 0.15) is 27.6 Å². The van der Waals surface area contributed by atoms with E-state index >= 15 is 8.78 Å². The van der Waals surface area contributed by atoms with E-state index in [1.54, 1.807) is 58.3 Å². The fourth-order valence-electron chi connectivity index (χ4n) is 6.70. The number of thioether (sulfide) groups is 2. The minimum Gasteiger partial charge on any atom is -0.485 e. The zero-order chi connectivity index (χ0) is 48.1. The molecule has 2 saturated heterocycles. The summed E-state index contributed by atoms with van der Waals surface area (Å²) in [6.07, 6.45) is 0. The smallest absolute Gasteiger partial charge is 0.273 e. The van der Waals surface area contributed by atoms with Gasteiger partial charge >= 0.3 is 0 Å². The number of carbonyl (C=O) groups excluding carboxylic acids is 5. The van der Waals surface area contributed by atoms with Crippen LogP contribution in [0.5, 0.6) is 5.75 Å². The number of morpholine rings is 2. The molecule has 3 aromatic carbocycles. The Morgan fingerprint density at radius 1 is 0.544 bits per heavy atom. The summed E-state index contributed by atoms with van der Waals surface area (Å²) in [6.45, 7) is 8.37. The first-order valence-corrected chi connectivity index (χ1v) is 23.7. The van der Waals surface area contributed by atoms with Crippen LogP contribution in [0.3, 0.4) is 0 Å². The molecule has 0 saturated carbocycles. The summed E-state index contributed by atoms with van der Waals surface area (Å²) < 4.78 is 79.3. The standard InChI is InChI=1S/C47H55F2N3O14S2/c1-33(53)32-65-27-26-63-23-22-61-19-18-60-20-21-62-24-25-64-28-29-66-41-39(48)30-36(31-40(41)49)52-46(56)42(67-37-6-2-34(3-7-37)44(54)50-10-14-58-15-11-50)43(47(52)57)68-38-8-4-35(5-9-38)45(55)51-12-16-59-17-13-51/h2-9,30-31H,10-29,32H2,1H3. The quantitative estimate of drug-likeness (QED) is 0.0725. The molecule has 0 atom stereocenters. The molecule has 3 aliphatic rings. The van der Waals surface area contributed by atoms with Gasteiger partial charge in [0.15, 0.2) is 23.2 Å². The van der Waals surface area contributed by atoms with E-state index in [-0.39, 0.29) is 66.1 Å². The van der Waals surface area contributed by atoms with Crippen molar-refractivity contribution in [1.29, 1.82) is 0 Å². The Labute approximate surface area is 401 Å². The van der Waals surface area contributed by atoms with Crippen molar-refractivity contribution in [2.45, 2.75) is 16.7 Å². The summed E-state index contributed by atoms with van der Waals surface area (Å²) in [7, 11) is 0. The lowest BCUT2D eigenvalue weighted by Gasteiger charge is -2.26. The molecule has 68 heavy (non-hydrogen) atoms. The second kappa shape index (κ2) is 28.0. The van der Waals surface area contributed by atoms with Gasteiger partial charge < -0.3 is 52.4 Å². The van der Waals surface area contributed by atoms with Crippen LogP contribution in [0.15, 0.2) is 80.3 Å². The lowest BCUT2D eigenvalue weighted by atomic mass is 10.2. The van der Waals surface area contributed by atoms with Gasteiger partial charge in [-0.3, -0.25) is 24.0 Å². The molecule has 4 amide bonds. The second-order valence-electron chi connectivity index (χ2n) is 15.1. The predicted molar refractivity (Wildman–Crippen MR) is 245 cm³/mol. The maximum atomic E-state index is 15.5. The maximum Gasteiger partial charge on any atom is 0.273 e. The molecule has 2 fully saturated rings. The molecule has 3 aromatic rings. The molecule has 3 heterocycles. The number of benzene rings is 3. The normalized spacial score (nSPS) is 15.4. The van der Waals surface area contributed by atoms with Crippen LogP contribution in [0, 0.1) is 11.6 Å². The van der Waals surface area contributed by atoms with Crippen LogP contribution in [0.25, 0.3) is 0 Å². The molecular formula is C47H55F2N3O14S2. The monoisotopic (exact) mass is 987 g/mol. The van der Waals surface area contributed by atoms with Gasteiger partial charge in [0.25, 0.3) is 23.6 Å². The van der Waals surface area contributed by atoms with E-state index in [2.05, 4.69) is 0 Å². The summed E-state index contributed by atoms with van der Waals surface area (Å²) in [5.41, 5.74) is 0.547. The number of hydrogen-bond acceptors (Lipinski definition) is 16. The third kappa shape index (κ3) is 15.9. The van der Waals surface area contributed by atoms with Crippen LogP contribution in [-0.4, -0.2) is 178 Å². The molecule has 0 bridgehead atoms.